The van der Waals surface area contributed by atoms with Gasteiger partial charge >= 0.3 is 6.18 Å². The van der Waals surface area contributed by atoms with Crippen LogP contribution in [0.2, 0.25) is 5.02 Å². The monoisotopic (exact) mass is 406 g/mol. The molecule has 0 aliphatic carbocycles. The van der Waals surface area contributed by atoms with E-state index in [4.69, 9.17) is 26.8 Å². The number of nitrogens with one attached hydrogen (secondary N) is 1. The van der Waals surface area contributed by atoms with Gasteiger partial charge in [-0.05, 0) is 19.2 Å². The van der Waals surface area contributed by atoms with E-state index in [0.717, 1.165) is 11.6 Å². The first kappa shape index (κ1) is 21.5. The number of aromatic nitrogens is 2. The molecule has 0 spiro atoms. The molecule has 27 heavy (non-hydrogen) atoms. The van der Waals surface area contributed by atoms with Crippen LogP contribution in [-0.2, 0) is 17.5 Å². The van der Waals surface area contributed by atoms with Gasteiger partial charge in [0.1, 0.15) is 12.4 Å². The van der Waals surface area contributed by atoms with Crippen molar-refractivity contribution in [2.75, 3.05) is 40.5 Å². The fourth-order valence-corrected chi connectivity index (χ4v) is 2.83. The van der Waals surface area contributed by atoms with Crippen molar-refractivity contribution >= 4 is 11.6 Å². The Morgan fingerprint density at radius 3 is 2.67 bits per heavy atom. The number of alkyl halides is 3. The Bertz CT molecular complexity index is 752. The summed E-state index contributed by atoms with van der Waals surface area (Å²) in [5, 5.41) is 6.25. The first-order valence-corrected chi connectivity index (χ1v) is 8.59. The lowest BCUT2D eigenvalue weighted by molar-refractivity contribution is -0.137. The molecule has 0 fully saturated rings. The maximum Gasteiger partial charge on any atom is 0.418 e. The highest BCUT2D eigenvalue weighted by Crippen LogP contribution is 2.42. The lowest BCUT2D eigenvalue weighted by atomic mass is 10.0. The topological polar surface area (TPSA) is 76.4 Å². The molecule has 0 saturated heterocycles. The summed E-state index contributed by atoms with van der Waals surface area (Å²) in [5.74, 6) is -0.0607. The maximum atomic E-state index is 13.4. The van der Waals surface area contributed by atoms with Crippen molar-refractivity contribution in [2.45, 2.75) is 12.7 Å². The molecule has 0 radical (unpaired) electrons. The van der Waals surface area contributed by atoms with Crippen LogP contribution in [0.1, 0.15) is 11.1 Å². The van der Waals surface area contributed by atoms with E-state index in [9.17, 15) is 13.2 Å². The fraction of sp³-hybridized carbons (Fsp3) is 0.471. The van der Waals surface area contributed by atoms with Gasteiger partial charge < -0.3 is 20.1 Å². The zero-order valence-corrected chi connectivity index (χ0v) is 15.8. The van der Waals surface area contributed by atoms with Crippen LogP contribution >= 0.6 is 11.6 Å². The molecule has 0 bridgehead atoms. The second-order valence-corrected chi connectivity index (χ2v) is 6.35. The lowest BCUT2D eigenvalue weighted by Gasteiger charge is -2.17. The predicted molar refractivity (Wildman–Crippen MR) is 96.8 cm³/mol. The third-order valence-corrected chi connectivity index (χ3v) is 4.24. The first-order valence-electron chi connectivity index (χ1n) is 8.21. The minimum atomic E-state index is -4.62. The van der Waals surface area contributed by atoms with Crippen LogP contribution in [0.3, 0.4) is 0 Å². The average molecular weight is 407 g/mol. The minimum absolute atomic E-state index is 0.0607. The lowest BCUT2D eigenvalue weighted by Crippen LogP contribution is -2.25. The molecule has 10 heteroatoms. The summed E-state index contributed by atoms with van der Waals surface area (Å²) in [6.07, 6.45) is -3.04. The number of benzene rings is 1. The first-order chi connectivity index (χ1) is 12.8. The molecule has 1 heterocycles. The van der Waals surface area contributed by atoms with E-state index in [2.05, 4.69) is 10.2 Å². The van der Waals surface area contributed by atoms with Crippen molar-refractivity contribution in [1.82, 2.24) is 15.1 Å². The SMILES string of the molecule is COCCOc1cc(-c2[nH]ncc2CN(C)CCN)cc(C(F)(F)F)c1Cl. The van der Waals surface area contributed by atoms with Crippen molar-refractivity contribution < 1.29 is 22.6 Å². The Morgan fingerprint density at radius 1 is 1.30 bits per heavy atom. The zero-order valence-electron chi connectivity index (χ0n) is 15.1. The molecule has 0 unspecified atom stereocenters. The predicted octanol–water partition coefficient (Wildman–Crippen LogP) is 3.16. The van der Waals surface area contributed by atoms with Crippen molar-refractivity contribution in [1.29, 1.82) is 0 Å². The Hall–Kier alpha value is -1.81. The summed E-state index contributed by atoms with van der Waals surface area (Å²) in [5.41, 5.74) is 6.07. The van der Waals surface area contributed by atoms with Crippen LogP contribution in [-0.4, -0.2) is 55.6 Å². The molecule has 2 rings (SSSR count). The number of methoxy groups -OCH3 is 1. The van der Waals surface area contributed by atoms with Gasteiger partial charge in [0.15, 0.2) is 0 Å². The summed E-state index contributed by atoms with van der Waals surface area (Å²) in [7, 11) is 3.34. The maximum absolute atomic E-state index is 13.4. The highest BCUT2D eigenvalue weighted by atomic mass is 35.5. The van der Waals surface area contributed by atoms with Gasteiger partial charge in [-0.15, -0.1) is 0 Å². The largest absolute Gasteiger partial charge is 0.490 e. The van der Waals surface area contributed by atoms with Gasteiger partial charge in [-0.1, -0.05) is 11.6 Å². The van der Waals surface area contributed by atoms with Gasteiger partial charge in [0.25, 0.3) is 0 Å². The standard InChI is InChI=1S/C17H22ClF3N4O2/c1-25(4-3-22)10-12-9-23-24-16(12)11-7-13(17(19,20)21)15(18)14(8-11)27-6-5-26-2/h7-9H,3-6,10,22H2,1-2H3,(H,23,24). The molecule has 1 aromatic heterocycles. The molecule has 0 amide bonds. The summed E-state index contributed by atoms with van der Waals surface area (Å²) in [6.45, 7) is 1.89. The molecule has 0 atom stereocenters. The Labute approximate surface area is 160 Å². The number of rotatable bonds is 9. The molecule has 3 N–H and O–H groups in total. The molecule has 0 aliphatic heterocycles. The van der Waals surface area contributed by atoms with Crippen LogP contribution in [0.4, 0.5) is 13.2 Å². The summed E-state index contributed by atoms with van der Waals surface area (Å²) in [6, 6.07) is 2.46. The third-order valence-electron chi connectivity index (χ3n) is 3.85. The molecule has 0 aliphatic rings. The normalized spacial score (nSPS) is 12.0. The molecule has 2 aromatic rings. The summed E-state index contributed by atoms with van der Waals surface area (Å²) >= 11 is 5.94. The van der Waals surface area contributed by atoms with E-state index in [0.29, 0.717) is 25.3 Å². The molecular weight excluding hydrogens is 385 g/mol. The van der Waals surface area contributed by atoms with E-state index < -0.39 is 16.8 Å². The van der Waals surface area contributed by atoms with E-state index in [1.54, 1.807) is 6.20 Å². The van der Waals surface area contributed by atoms with E-state index in [-0.39, 0.29) is 24.5 Å². The van der Waals surface area contributed by atoms with Crippen LogP contribution in [0, 0.1) is 0 Å². The van der Waals surface area contributed by atoms with Gasteiger partial charge in [-0.25, -0.2) is 0 Å². The highest BCUT2D eigenvalue weighted by molar-refractivity contribution is 6.33. The number of aromatic amines is 1. The number of H-pyrrole nitrogens is 1. The smallest absolute Gasteiger partial charge is 0.418 e. The molecule has 6 nitrogen and oxygen atoms in total. The number of likely N-dealkylation sites (N-methyl/N-ethyl adjacent to an activating group) is 1. The van der Waals surface area contributed by atoms with Crippen molar-refractivity contribution in [3.8, 4) is 17.0 Å². The quantitative estimate of drug-likeness (QED) is 0.625. The van der Waals surface area contributed by atoms with Gasteiger partial charge in [-0.2, -0.15) is 18.3 Å². The molecular formula is C17H22ClF3N4O2. The van der Waals surface area contributed by atoms with Crippen molar-refractivity contribution in [3.05, 3.63) is 34.5 Å². The van der Waals surface area contributed by atoms with Crippen LogP contribution in [0.25, 0.3) is 11.3 Å². The Morgan fingerprint density at radius 2 is 2.04 bits per heavy atom. The van der Waals surface area contributed by atoms with E-state index in [1.807, 2.05) is 11.9 Å². The van der Waals surface area contributed by atoms with Crippen molar-refractivity contribution in [2.24, 2.45) is 5.73 Å². The van der Waals surface area contributed by atoms with Gasteiger partial charge in [-0.3, -0.25) is 5.10 Å². The van der Waals surface area contributed by atoms with E-state index >= 15 is 0 Å². The number of nitrogens with two attached hydrogens (primary N) is 1. The van der Waals surface area contributed by atoms with Gasteiger partial charge in [0.05, 0.1) is 29.1 Å². The number of ether oxygens (including phenoxy) is 2. The second-order valence-electron chi connectivity index (χ2n) is 5.97. The molecule has 150 valence electrons. The summed E-state index contributed by atoms with van der Waals surface area (Å²) in [4.78, 5) is 1.95. The van der Waals surface area contributed by atoms with Crippen LogP contribution in [0.15, 0.2) is 18.3 Å². The average Bonchev–Trinajstić information content (AvgIpc) is 3.03. The number of hydrogen-bond donors (Lipinski definition) is 2. The highest BCUT2D eigenvalue weighted by Gasteiger charge is 2.35. The Balaban J connectivity index is 2.45. The number of nitrogens with zero attached hydrogens (tertiary/aromatic N) is 2. The third kappa shape index (κ3) is 5.58. The number of hydrogen-bond acceptors (Lipinski definition) is 5. The number of halogens is 4. The van der Waals surface area contributed by atoms with Gasteiger partial charge in [0, 0.05) is 37.9 Å². The van der Waals surface area contributed by atoms with Crippen LogP contribution < -0.4 is 10.5 Å². The molecule has 1 aromatic carbocycles. The summed E-state index contributed by atoms with van der Waals surface area (Å²) < 4.78 is 50.6. The van der Waals surface area contributed by atoms with Gasteiger partial charge in [0.2, 0.25) is 0 Å². The van der Waals surface area contributed by atoms with Crippen molar-refractivity contribution in [3.63, 3.8) is 0 Å². The fourth-order valence-electron chi connectivity index (χ4n) is 2.56. The molecule has 0 saturated carbocycles. The zero-order chi connectivity index (χ0) is 20.0. The minimum Gasteiger partial charge on any atom is -0.490 e. The van der Waals surface area contributed by atoms with E-state index in [1.165, 1.54) is 13.2 Å². The van der Waals surface area contributed by atoms with Crippen LogP contribution in [0.5, 0.6) is 5.75 Å². The Kier molecular flexibility index (Phi) is 7.49. The second kappa shape index (κ2) is 9.41.